The number of anilines is 2. The van der Waals surface area contributed by atoms with Crippen molar-refractivity contribution in [2.24, 2.45) is 0 Å². The van der Waals surface area contributed by atoms with E-state index in [0.29, 0.717) is 40.2 Å². The fourth-order valence-corrected chi connectivity index (χ4v) is 2.86. The Balaban J connectivity index is 1.91. The van der Waals surface area contributed by atoms with E-state index in [1.807, 2.05) is 6.92 Å². The summed E-state index contributed by atoms with van der Waals surface area (Å²) < 4.78 is 16.3. The van der Waals surface area contributed by atoms with E-state index in [1.165, 1.54) is 0 Å². The topological polar surface area (TPSA) is 60.0 Å². The van der Waals surface area contributed by atoms with E-state index >= 15 is 0 Å². The zero-order valence-corrected chi connectivity index (χ0v) is 15.0. The van der Waals surface area contributed by atoms with Crippen molar-refractivity contribution in [3.8, 4) is 17.2 Å². The average Bonchev–Trinajstić information content (AvgIpc) is 2.61. The van der Waals surface area contributed by atoms with Gasteiger partial charge in [0, 0.05) is 11.1 Å². The van der Waals surface area contributed by atoms with Gasteiger partial charge >= 0.3 is 6.03 Å². The van der Waals surface area contributed by atoms with Crippen LogP contribution in [0.1, 0.15) is 6.92 Å². The van der Waals surface area contributed by atoms with Gasteiger partial charge in [0.15, 0.2) is 0 Å². The molecule has 1 N–H and O–H groups in total. The number of rotatable bonds is 3. The number of benzene rings is 2. The van der Waals surface area contributed by atoms with Crippen LogP contribution in [-0.4, -0.2) is 32.9 Å². The Hall–Kier alpha value is -2.60. The lowest BCUT2D eigenvalue weighted by Gasteiger charge is -2.33. The van der Waals surface area contributed by atoms with Crippen molar-refractivity contribution in [2.45, 2.75) is 13.0 Å². The third-order valence-corrected chi connectivity index (χ3v) is 4.11. The number of carbonyl (C=O) groups is 1. The Morgan fingerprint density at radius 2 is 2.04 bits per heavy atom. The number of methoxy groups -OCH3 is 2. The van der Waals surface area contributed by atoms with Crippen LogP contribution < -0.4 is 24.4 Å². The lowest BCUT2D eigenvalue weighted by molar-refractivity contribution is 0.208. The van der Waals surface area contributed by atoms with E-state index < -0.39 is 0 Å². The first-order valence-corrected chi connectivity index (χ1v) is 8.16. The fraction of sp³-hybridized carbons (Fsp3) is 0.278. The van der Waals surface area contributed by atoms with Gasteiger partial charge in [-0.1, -0.05) is 11.6 Å². The summed E-state index contributed by atoms with van der Waals surface area (Å²) in [4.78, 5) is 14.5. The number of fused-ring (bicyclic) bond motifs is 1. The maximum atomic E-state index is 12.9. The molecule has 1 aliphatic heterocycles. The molecule has 6 nitrogen and oxygen atoms in total. The highest BCUT2D eigenvalue weighted by Crippen LogP contribution is 2.36. The number of hydrogen-bond acceptors (Lipinski definition) is 4. The van der Waals surface area contributed by atoms with E-state index in [1.54, 1.807) is 55.5 Å². The van der Waals surface area contributed by atoms with E-state index in [2.05, 4.69) is 5.32 Å². The minimum Gasteiger partial charge on any atom is -0.497 e. The van der Waals surface area contributed by atoms with Crippen LogP contribution in [-0.2, 0) is 0 Å². The van der Waals surface area contributed by atoms with Gasteiger partial charge in [-0.25, -0.2) is 4.79 Å². The van der Waals surface area contributed by atoms with E-state index in [9.17, 15) is 4.79 Å². The third kappa shape index (κ3) is 3.58. The first-order valence-electron chi connectivity index (χ1n) is 7.78. The van der Waals surface area contributed by atoms with Crippen molar-refractivity contribution in [1.29, 1.82) is 0 Å². The number of ether oxygens (including phenoxy) is 3. The maximum absolute atomic E-state index is 12.9. The highest BCUT2D eigenvalue weighted by molar-refractivity contribution is 6.31. The molecule has 2 amide bonds. The molecule has 0 bridgehead atoms. The Morgan fingerprint density at radius 3 is 2.76 bits per heavy atom. The Kier molecular flexibility index (Phi) is 4.90. The largest absolute Gasteiger partial charge is 0.497 e. The molecular weight excluding hydrogens is 344 g/mol. The fourth-order valence-electron chi connectivity index (χ4n) is 2.70. The van der Waals surface area contributed by atoms with Crippen LogP contribution in [0.5, 0.6) is 17.2 Å². The standard InChI is InChI=1S/C18H19ClN2O4/c1-11-10-21(15-8-12(19)4-6-17(15)25-11)18(22)20-14-9-13(23-2)5-7-16(14)24-3/h4-9,11H,10H2,1-3H3,(H,20,22)/t11-/m0/s1. The van der Waals surface area contributed by atoms with Crippen LogP contribution in [0, 0.1) is 0 Å². The molecule has 0 aromatic heterocycles. The lowest BCUT2D eigenvalue weighted by Crippen LogP contribution is -2.44. The monoisotopic (exact) mass is 362 g/mol. The number of carbonyl (C=O) groups excluding carboxylic acids is 1. The van der Waals surface area contributed by atoms with Gasteiger partial charge in [0.05, 0.1) is 32.1 Å². The third-order valence-electron chi connectivity index (χ3n) is 3.87. The molecule has 25 heavy (non-hydrogen) atoms. The van der Waals surface area contributed by atoms with Gasteiger partial charge < -0.3 is 19.5 Å². The van der Waals surface area contributed by atoms with Crippen molar-refractivity contribution in [1.82, 2.24) is 0 Å². The van der Waals surface area contributed by atoms with Crippen LogP contribution in [0.2, 0.25) is 5.02 Å². The minimum absolute atomic E-state index is 0.133. The highest BCUT2D eigenvalue weighted by atomic mass is 35.5. The van der Waals surface area contributed by atoms with Gasteiger partial charge in [-0.15, -0.1) is 0 Å². The summed E-state index contributed by atoms with van der Waals surface area (Å²) in [5.74, 6) is 1.78. The smallest absolute Gasteiger partial charge is 0.326 e. The molecule has 1 atom stereocenters. The molecule has 1 heterocycles. The van der Waals surface area contributed by atoms with Crippen molar-refractivity contribution in [3.63, 3.8) is 0 Å². The molecule has 1 aliphatic rings. The molecule has 0 spiro atoms. The van der Waals surface area contributed by atoms with Crippen molar-refractivity contribution in [2.75, 3.05) is 31.0 Å². The molecule has 0 saturated carbocycles. The molecule has 0 aliphatic carbocycles. The van der Waals surface area contributed by atoms with Crippen LogP contribution >= 0.6 is 11.6 Å². The van der Waals surface area contributed by atoms with Crippen molar-refractivity contribution >= 4 is 29.0 Å². The number of halogens is 1. The first-order chi connectivity index (χ1) is 12.0. The van der Waals surface area contributed by atoms with Gasteiger partial charge in [-0.2, -0.15) is 0 Å². The van der Waals surface area contributed by atoms with E-state index in [0.717, 1.165) is 0 Å². The second-order valence-electron chi connectivity index (χ2n) is 5.65. The molecule has 132 valence electrons. The first kappa shape index (κ1) is 17.2. The molecular formula is C18H19ClN2O4. The van der Waals surface area contributed by atoms with Gasteiger partial charge in [-0.05, 0) is 37.3 Å². The predicted molar refractivity (Wildman–Crippen MR) is 97.5 cm³/mol. The maximum Gasteiger partial charge on any atom is 0.326 e. The number of urea groups is 1. The summed E-state index contributed by atoms with van der Waals surface area (Å²) in [6, 6.07) is 10.1. The number of nitrogens with zero attached hydrogens (tertiary/aromatic N) is 1. The molecule has 0 radical (unpaired) electrons. The van der Waals surface area contributed by atoms with Crippen LogP contribution in [0.25, 0.3) is 0 Å². The van der Waals surface area contributed by atoms with Gasteiger partial charge in [0.1, 0.15) is 23.4 Å². The zero-order valence-electron chi connectivity index (χ0n) is 14.2. The predicted octanol–water partition coefficient (Wildman–Crippen LogP) is 4.18. The quantitative estimate of drug-likeness (QED) is 0.889. The molecule has 0 fully saturated rings. The van der Waals surface area contributed by atoms with Gasteiger partial charge in [-0.3, -0.25) is 4.90 Å². The second-order valence-corrected chi connectivity index (χ2v) is 6.08. The van der Waals surface area contributed by atoms with E-state index in [4.69, 9.17) is 25.8 Å². The van der Waals surface area contributed by atoms with Crippen LogP contribution in [0.3, 0.4) is 0 Å². The highest BCUT2D eigenvalue weighted by Gasteiger charge is 2.28. The number of amides is 2. The molecule has 3 rings (SSSR count). The molecule has 7 heteroatoms. The zero-order chi connectivity index (χ0) is 18.0. The SMILES string of the molecule is COc1ccc(OC)c(NC(=O)N2C[C@H](C)Oc3ccc(Cl)cc32)c1. The van der Waals surface area contributed by atoms with Crippen LogP contribution in [0.15, 0.2) is 36.4 Å². The summed E-state index contributed by atoms with van der Waals surface area (Å²) in [5.41, 5.74) is 1.15. The molecule has 2 aromatic carbocycles. The summed E-state index contributed by atoms with van der Waals surface area (Å²) in [6.45, 7) is 2.31. The number of hydrogen-bond donors (Lipinski definition) is 1. The number of nitrogens with one attached hydrogen (secondary N) is 1. The molecule has 0 saturated heterocycles. The van der Waals surface area contributed by atoms with Crippen LogP contribution in [0.4, 0.5) is 16.2 Å². The van der Waals surface area contributed by atoms with Gasteiger partial charge in [0.25, 0.3) is 0 Å². The van der Waals surface area contributed by atoms with Crippen molar-refractivity contribution in [3.05, 3.63) is 41.4 Å². The average molecular weight is 363 g/mol. The minimum atomic E-state index is -0.301. The molecule has 2 aromatic rings. The summed E-state index contributed by atoms with van der Waals surface area (Å²) >= 11 is 6.08. The Morgan fingerprint density at radius 1 is 1.24 bits per heavy atom. The van der Waals surface area contributed by atoms with E-state index in [-0.39, 0.29) is 12.1 Å². The second kappa shape index (κ2) is 7.11. The Bertz CT molecular complexity index is 797. The summed E-state index contributed by atoms with van der Waals surface area (Å²) in [5, 5.41) is 3.41. The summed E-state index contributed by atoms with van der Waals surface area (Å²) in [6.07, 6.45) is -0.133. The van der Waals surface area contributed by atoms with Gasteiger partial charge in [0.2, 0.25) is 0 Å². The normalized spacial score (nSPS) is 15.8. The Labute approximate surface area is 151 Å². The summed E-state index contributed by atoms with van der Waals surface area (Å²) in [7, 11) is 3.11. The lowest BCUT2D eigenvalue weighted by atomic mass is 10.2. The van der Waals surface area contributed by atoms with Crippen molar-refractivity contribution < 1.29 is 19.0 Å². The molecule has 0 unspecified atom stereocenters.